The summed E-state index contributed by atoms with van der Waals surface area (Å²) in [5, 5.41) is 5.49. The zero-order valence-corrected chi connectivity index (χ0v) is 16.1. The van der Waals surface area contributed by atoms with Gasteiger partial charge in [-0.25, -0.2) is 4.79 Å². The standard InChI is InChI=1S/C21H27N3O3/c1-4-13-22-21(26)23-17-9-8-12-19(14-17)27-15-20(25)24(16(2)3)18-10-6-5-7-11-18/h5-12,14,16H,4,13,15H2,1-3H3,(H2,22,23,26). The lowest BCUT2D eigenvalue weighted by molar-refractivity contribution is -0.120. The monoisotopic (exact) mass is 369 g/mol. The van der Waals surface area contributed by atoms with Crippen molar-refractivity contribution in [3.63, 3.8) is 0 Å². The highest BCUT2D eigenvalue weighted by atomic mass is 16.5. The Morgan fingerprint density at radius 1 is 1.07 bits per heavy atom. The van der Waals surface area contributed by atoms with E-state index in [1.165, 1.54) is 0 Å². The molecule has 0 heterocycles. The molecule has 6 heteroatoms. The average Bonchev–Trinajstić information content (AvgIpc) is 2.66. The molecule has 0 saturated carbocycles. The Morgan fingerprint density at radius 2 is 1.81 bits per heavy atom. The van der Waals surface area contributed by atoms with E-state index in [2.05, 4.69) is 10.6 Å². The van der Waals surface area contributed by atoms with Crippen molar-refractivity contribution in [1.82, 2.24) is 5.32 Å². The smallest absolute Gasteiger partial charge is 0.319 e. The number of hydrogen-bond donors (Lipinski definition) is 2. The number of carbonyl (C=O) groups excluding carboxylic acids is 2. The molecule has 0 aliphatic heterocycles. The van der Waals surface area contributed by atoms with Gasteiger partial charge in [-0.3, -0.25) is 4.79 Å². The van der Waals surface area contributed by atoms with Crippen LogP contribution in [-0.4, -0.2) is 31.1 Å². The number of carbonyl (C=O) groups is 2. The lowest BCUT2D eigenvalue weighted by Crippen LogP contribution is -2.40. The second-order valence-electron chi connectivity index (χ2n) is 6.39. The summed E-state index contributed by atoms with van der Waals surface area (Å²) in [7, 11) is 0. The molecule has 2 rings (SSSR count). The summed E-state index contributed by atoms with van der Waals surface area (Å²) in [5.41, 5.74) is 1.45. The van der Waals surface area contributed by atoms with E-state index in [1.54, 1.807) is 29.2 Å². The normalized spacial score (nSPS) is 10.4. The molecule has 144 valence electrons. The molecule has 6 nitrogen and oxygen atoms in total. The Hall–Kier alpha value is -3.02. The van der Waals surface area contributed by atoms with Crippen molar-refractivity contribution in [1.29, 1.82) is 0 Å². The summed E-state index contributed by atoms with van der Waals surface area (Å²) in [6.07, 6.45) is 0.868. The van der Waals surface area contributed by atoms with Crippen LogP contribution < -0.4 is 20.3 Å². The van der Waals surface area contributed by atoms with Gasteiger partial charge < -0.3 is 20.3 Å². The van der Waals surface area contributed by atoms with Crippen molar-refractivity contribution in [2.24, 2.45) is 0 Å². The van der Waals surface area contributed by atoms with E-state index in [9.17, 15) is 9.59 Å². The van der Waals surface area contributed by atoms with Gasteiger partial charge in [0.2, 0.25) is 0 Å². The Bertz CT molecular complexity index is 747. The summed E-state index contributed by atoms with van der Waals surface area (Å²) in [5.74, 6) is 0.392. The molecule has 2 N–H and O–H groups in total. The largest absolute Gasteiger partial charge is 0.484 e. The summed E-state index contributed by atoms with van der Waals surface area (Å²) < 4.78 is 5.66. The van der Waals surface area contributed by atoms with Crippen LogP contribution in [0.1, 0.15) is 27.2 Å². The molecule has 27 heavy (non-hydrogen) atoms. The quantitative estimate of drug-likeness (QED) is 0.738. The molecule has 0 unspecified atom stereocenters. The van der Waals surface area contributed by atoms with Crippen LogP contribution in [-0.2, 0) is 4.79 Å². The zero-order valence-electron chi connectivity index (χ0n) is 16.1. The maximum atomic E-state index is 12.7. The predicted molar refractivity (Wildman–Crippen MR) is 108 cm³/mol. The van der Waals surface area contributed by atoms with E-state index >= 15 is 0 Å². The summed E-state index contributed by atoms with van der Waals surface area (Å²) in [6, 6.07) is 16.3. The minimum atomic E-state index is -0.264. The van der Waals surface area contributed by atoms with Crippen LogP contribution in [0.3, 0.4) is 0 Å². The Kier molecular flexibility index (Phi) is 7.67. The number of ether oxygens (including phenoxy) is 1. The van der Waals surface area contributed by atoms with E-state index in [-0.39, 0.29) is 24.6 Å². The van der Waals surface area contributed by atoms with Crippen LogP contribution in [0.4, 0.5) is 16.2 Å². The van der Waals surface area contributed by atoms with E-state index in [4.69, 9.17) is 4.74 Å². The first-order chi connectivity index (χ1) is 13.0. The van der Waals surface area contributed by atoms with Gasteiger partial charge in [0.05, 0.1) is 0 Å². The minimum Gasteiger partial charge on any atom is -0.484 e. The lowest BCUT2D eigenvalue weighted by atomic mass is 10.2. The van der Waals surface area contributed by atoms with Gasteiger partial charge in [0, 0.05) is 30.0 Å². The van der Waals surface area contributed by atoms with Gasteiger partial charge in [0.25, 0.3) is 5.91 Å². The van der Waals surface area contributed by atoms with Crippen molar-refractivity contribution in [2.45, 2.75) is 33.2 Å². The molecule has 0 fully saturated rings. The SMILES string of the molecule is CCCNC(=O)Nc1cccc(OCC(=O)N(c2ccccc2)C(C)C)c1. The highest BCUT2D eigenvalue weighted by molar-refractivity contribution is 5.95. The highest BCUT2D eigenvalue weighted by Crippen LogP contribution is 2.19. The average molecular weight is 369 g/mol. The maximum Gasteiger partial charge on any atom is 0.319 e. The van der Waals surface area contributed by atoms with E-state index in [0.29, 0.717) is 18.0 Å². The Labute approximate surface area is 160 Å². The third-order valence-corrected chi connectivity index (χ3v) is 3.81. The van der Waals surface area contributed by atoms with Crippen molar-refractivity contribution < 1.29 is 14.3 Å². The molecule has 3 amide bonds. The highest BCUT2D eigenvalue weighted by Gasteiger charge is 2.19. The number of rotatable bonds is 8. The first-order valence-corrected chi connectivity index (χ1v) is 9.16. The molecule has 0 aliphatic rings. The molecule has 2 aromatic carbocycles. The third kappa shape index (κ3) is 6.33. The molecule has 2 aromatic rings. The molecule has 0 saturated heterocycles. The number of amides is 3. The number of para-hydroxylation sites is 1. The van der Waals surface area contributed by atoms with Gasteiger partial charge >= 0.3 is 6.03 Å². The fourth-order valence-electron chi connectivity index (χ4n) is 2.61. The molecule has 0 aromatic heterocycles. The maximum absolute atomic E-state index is 12.7. The van der Waals surface area contributed by atoms with Crippen LogP contribution in [0.25, 0.3) is 0 Å². The molecule has 0 spiro atoms. The zero-order chi connectivity index (χ0) is 19.6. The molecular formula is C21H27N3O3. The van der Waals surface area contributed by atoms with Crippen molar-refractivity contribution >= 4 is 23.3 Å². The van der Waals surface area contributed by atoms with Crippen molar-refractivity contribution in [2.75, 3.05) is 23.4 Å². The van der Waals surface area contributed by atoms with Gasteiger partial charge in [-0.15, -0.1) is 0 Å². The van der Waals surface area contributed by atoms with Gasteiger partial charge in [0.15, 0.2) is 6.61 Å². The van der Waals surface area contributed by atoms with E-state index < -0.39 is 0 Å². The second-order valence-corrected chi connectivity index (χ2v) is 6.39. The van der Waals surface area contributed by atoms with Gasteiger partial charge in [-0.1, -0.05) is 31.2 Å². The minimum absolute atomic E-state index is 0.0127. The first-order valence-electron chi connectivity index (χ1n) is 9.16. The molecule has 0 bridgehead atoms. The number of nitrogens with one attached hydrogen (secondary N) is 2. The lowest BCUT2D eigenvalue weighted by Gasteiger charge is -2.26. The number of urea groups is 1. The van der Waals surface area contributed by atoms with Gasteiger partial charge in [0.1, 0.15) is 5.75 Å². The fraction of sp³-hybridized carbons (Fsp3) is 0.333. The van der Waals surface area contributed by atoms with Crippen LogP contribution >= 0.6 is 0 Å². The fourth-order valence-corrected chi connectivity index (χ4v) is 2.61. The predicted octanol–water partition coefficient (Wildman–Crippen LogP) is 4.04. The van der Waals surface area contributed by atoms with Crippen LogP contribution in [0.5, 0.6) is 5.75 Å². The Morgan fingerprint density at radius 3 is 2.48 bits per heavy atom. The van der Waals surface area contributed by atoms with E-state index in [0.717, 1.165) is 12.1 Å². The Balaban J connectivity index is 1.98. The van der Waals surface area contributed by atoms with Crippen LogP contribution in [0.2, 0.25) is 0 Å². The number of hydrogen-bond acceptors (Lipinski definition) is 3. The number of nitrogens with zero attached hydrogens (tertiary/aromatic N) is 1. The molecule has 0 atom stereocenters. The summed E-state index contributed by atoms with van der Waals surface area (Å²) in [6.45, 7) is 6.44. The molecule has 0 radical (unpaired) electrons. The van der Waals surface area contributed by atoms with Crippen LogP contribution in [0.15, 0.2) is 54.6 Å². The first kappa shape index (κ1) is 20.3. The van der Waals surface area contributed by atoms with Crippen molar-refractivity contribution in [3.8, 4) is 5.75 Å². The second kappa shape index (κ2) is 10.2. The summed E-state index contributed by atoms with van der Waals surface area (Å²) >= 11 is 0. The van der Waals surface area contributed by atoms with E-state index in [1.807, 2.05) is 51.1 Å². The third-order valence-electron chi connectivity index (χ3n) is 3.81. The number of benzene rings is 2. The molecule has 0 aliphatic carbocycles. The van der Waals surface area contributed by atoms with Crippen molar-refractivity contribution in [3.05, 3.63) is 54.6 Å². The van der Waals surface area contributed by atoms with Gasteiger partial charge in [-0.05, 0) is 44.5 Å². The molecular weight excluding hydrogens is 342 g/mol. The summed E-state index contributed by atoms with van der Waals surface area (Å²) in [4.78, 5) is 26.1. The van der Waals surface area contributed by atoms with Gasteiger partial charge in [-0.2, -0.15) is 0 Å². The topological polar surface area (TPSA) is 70.7 Å². The van der Waals surface area contributed by atoms with Crippen LogP contribution in [0, 0.1) is 0 Å². The number of anilines is 2.